The van der Waals surface area contributed by atoms with Crippen LogP contribution in [-0.2, 0) is 14.8 Å². The third-order valence-corrected chi connectivity index (χ3v) is 6.02. The maximum absolute atomic E-state index is 12.0. The number of halogens is 2. The highest BCUT2D eigenvalue weighted by atomic mass is 35.5. The fraction of sp³-hybridized carbons (Fsp3) is 0.500. The number of aliphatic carboxylic acids is 1. The molecule has 9 heteroatoms. The molecule has 0 saturated heterocycles. The number of nitrogens with one attached hydrogen (secondary N) is 1. The fourth-order valence-electron chi connectivity index (χ4n) is 1.19. The minimum Gasteiger partial charge on any atom is -0.481 e. The Kier molecular flexibility index (Phi) is 5.25. The first-order chi connectivity index (χ1) is 8.62. The second-order valence-corrected chi connectivity index (χ2v) is 8.25. The highest BCUT2D eigenvalue weighted by Gasteiger charge is 2.33. The summed E-state index contributed by atoms with van der Waals surface area (Å²) in [7, 11) is -3.87. The zero-order valence-electron chi connectivity index (χ0n) is 10.2. The molecule has 19 heavy (non-hydrogen) atoms. The standard InChI is InChI=1S/C10H13Cl2NO4S2/c1-3-10(2,9(14)15)5-13-19(16,17)6-4-7(11)18-8(6)12/h4,13H,3,5H2,1-2H3,(H,14,15). The van der Waals surface area contributed by atoms with Gasteiger partial charge < -0.3 is 5.11 Å². The van der Waals surface area contributed by atoms with Gasteiger partial charge in [-0.05, 0) is 19.4 Å². The molecule has 2 N–H and O–H groups in total. The van der Waals surface area contributed by atoms with E-state index in [4.69, 9.17) is 28.3 Å². The normalized spacial score (nSPS) is 15.2. The van der Waals surface area contributed by atoms with Crippen LogP contribution in [0.3, 0.4) is 0 Å². The Labute approximate surface area is 125 Å². The molecule has 0 spiro atoms. The van der Waals surface area contributed by atoms with Gasteiger partial charge in [0.1, 0.15) is 9.23 Å². The number of hydrogen-bond acceptors (Lipinski definition) is 4. The summed E-state index contributed by atoms with van der Waals surface area (Å²) < 4.78 is 26.6. The van der Waals surface area contributed by atoms with Crippen LogP contribution in [0.5, 0.6) is 0 Å². The monoisotopic (exact) mass is 345 g/mol. The molecule has 5 nitrogen and oxygen atoms in total. The minimum atomic E-state index is -3.87. The number of sulfonamides is 1. The summed E-state index contributed by atoms with van der Waals surface area (Å²) in [5.74, 6) is -1.06. The van der Waals surface area contributed by atoms with Crippen LogP contribution in [0.4, 0.5) is 0 Å². The smallest absolute Gasteiger partial charge is 0.310 e. The van der Waals surface area contributed by atoms with E-state index in [1.807, 2.05) is 0 Å². The van der Waals surface area contributed by atoms with Crippen LogP contribution in [-0.4, -0.2) is 26.0 Å². The van der Waals surface area contributed by atoms with Gasteiger partial charge in [-0.1, -0.05) is 30.1 Å². The van der Waals surface area contributed by atoms with Crippen molar-refractivity contribution in [2.24, 2.45) is 5.41 Å². The van der Waals surface area contributed by atoms with Crippen LogP contribution in [0.25, 0.3) is 0 Å². The van der Waals surface area contributed by atoms with Crippen molar-refractivity contribution in [1.29, 1.82) is 0 Å². The van der Waals surface area contributed by atoms with Gasteiger partial charge in [-0.3, -0.25) is 4.79 Å². The van der Waals surface area contributed by atoms with Crippen molar-refractivity contribution >= 4 is 50.5 Å². The van der Waals surface area contributed by atoms with Crippen LogP contribution in [0.15, 0.2) is 11.0 Å². The quantitative estimate of drug-likeness (QED) is 0.830. The Bertz CT molecular complexity index is 584. The zero-order chi connectivity index (χ0) is 14.8. The lowest BCUT2D eigenvalue weighted by atomic mass is 9.88. The molecule has 1 rings (SSSR count). The summed E-state index contributed by atoms with van der Waals surface area (Å²) in [5, 5.41) is 9.08. The van der Waals surface area contributed by atoms with Crippen LogP contribution in [0.1, 0.15) is 20.3 Å². The maximum Gasteiger partial charge on any atom is 0.310 e. The molecule has 1 aromatic heterocycles. The molecule has 0 aromatic carbocycles. The Hall–Kier alpha value is -0.340. The summed E-state index contributed by atoms with van der Waals surface area (Å²) in [5.41, 5.74) is -1.17. The summed E-state index contributed by atoms with van der Waals surface area (Å²) in [6, 6.07) is 1.24. The van der Waals surface area contributed by atoms with Crippen molar-refractivity contribution in [3.63, 3.8) is 0 Å². The van der Waals surface area contributed by atoms with Crippen molar-refractivity contribution in [3.05, 3.63) is 14.7 Å². The third-order valence-electron chi connectivity index (χ3n) is 2.86. The number of carboxylic acid groups (broad SMARTS) is 1. The van der Waals surface area contributed by atoms with E-state index in [-0.39, 0.29) is 20.1 Å². The first-order valence-electron chi connectivity index (χ1n) is 5.30. The topological polar surface area (TPSA) is 83.5 Å². The van der Waals surface area contributed by atoms with E-state index < -0.39 is 21.4 Å². The number of thiophene rings is 1. The molecule has 0 bridgehead atoms. The first kappa shape index (κ1) is 16.7. The van der Waals surface area contributed by atoms with E-state index in [2.05, 4.69) is 4.72 Å². The van der Waals surface area contributed by atoms with Crippen molar-refractivity contribution < 1.29 is 18.3 Å². The number of rotatable bonds is 6. The van der Waals surface area contributed by atoms with Gasteiger partial charge >= 0.3 is 5.97 Å². The van der Waals surface area contributed by atoms with Crippen molar-refractivity contribution in [1.82, 2.24) is 4.72 Å². The van der Waals surface area contributed by atoms with E-state index >= 15 is 0 Å². The molecule has 0 aliphatic carbocycles. The molecule has 0 aliphatic heterocycles. The predicted octanol–water partition coefficient (Wildman–Crippen LogP) is 2.83. The Morgan fingerprint density at radius 2 is 2.11 bits per heavy atom. The molecule has 108 valence electrons. The van der Waals surface area contributed by atoms with Gasteiger partial charge in [0.15, 0.2) is 0 Å². The molecule has 1 heterocycles. The van der Waals surface area contributed by atoms with Crippen LogP contribution < -0.4 is 4.72 Å². The molecule has 1 atom stereocenters. The summed E-state index contributed by atoms with van der Waals surface area (Å²) in [6.07, 6.45) is 0.295. The summed E-state index contributed by atoms with van der Waals surface area (Å²) in [4.78, 5) is 11.0. The average Bonchev–Trinajstić information content (AvgIpc) is 2.66. The maximum atomic E-state index is 12.0. The molecular weight excluding hydrogens is 333 g/mol. The number of hydrogen-bond donors (Lipinski definition) is 2. The van der Waals surface area contributed by atoms with Crippen molar-refractivity contribution in [2.75, 3.05) is 6.54 Å². The Morgan fingerprint density at radius 1 is 1.53 bits per heavy atom. The number of carbonyl (C=O) groups is 1. The lowest BCUT2D eigenvalue weighted by Crippen LogP contribution is -2.40. The zero-order valence-corrected chi connectivity index (χ0v) is 13.4. The minimum absolute atomic E-state index is 0.0472. The van der Waals surface area contributed by atoms with E-state index in [1.165, 1.54) is 13.0 Å². The van der Waals surface area contributed by atoms with Crippen molar-refractivity contribution in [3.8, 4) is 0 Å². The van der Waals surface area contributed by atoms with Crippen LogP contribution >= 0.6 is 34.5 Å². The van der Waals surface area contributed by atoms with Gasteiger partial charge in [-0.15, -0.1) is 11.3 Å². The molecule has 0 amide bonds. The molecule has 1 aromatic rings. The van der Waals surface area contributed by atoms with Gasteiger partial charge in [0.25, 0.3) is 0 Å². The molecule has 0 aliphatic rings. The molecule has 0 radical (unpaired) electrons. The molecule has 0 saturated carbocycles. The number of carboxylic acids is 1. The third kappa shape index (κ3) is 3.82. The predicted molar refractivity (Wildman–Crippen MR) is 75.6 cm³/mol. The van der Waals surface area contributed by atoms with Crippen LogP contribution in [0, 0.1) is 5.41 Å². The van der Waals surface area contributed by atoms with Gasteiger partial charge in [0, 0.05) is 6.54 Å². The van der Waals surface area contributed by atoms with Gasteiger partial charge in [-0.2, -0.15) is 0 Å². The largest absolute Gasteiger partial charge is 0.481 e. The highest BCUT2D eigenvalue weighted by Crippen LogP contribution is 2.34. The van der Waals surface area contributed by atoms with E-state index in [1.54, 1.807) is 6.92 Å². The lowest BCUT2D eigenvalue weighted by Gasteiger charge is -2.23. The fourth-order valence-corrected chi connectivity index (χ4v) is 4.51. The Morgan fingerprint density at radius 3 is 2.47 bits per heavy atom. The van der Waals surface area contributed by atoms with Gasteiger partial charge in [0.2, 0.25) is 10.0 Å². The van der Waals surface area contributed by atoms with E-state index in [0.717, 1.165) is 11.3 Å². The van der Waals surface area contributed by atoms with Gasteiger partial charge in [-0.25, -0.2) is 13.1 Å². The highest BCUT2D eigenvalue weighted by molar-refractivity contribution is 7.89. The van der Waals surface area contributed by atoms with Crippen molar-refractivity contribution in [2.45, 2.75) is 25.2 Å². The lowest BCUT2D eigenvalue weighted by molar-refractivity contribution is -0.147. The van der Waals surface area contributed by atoms with E-state index in [9.17, 15) is 13.2 Å². The van der Waals surface area contributed by atoms with Crippen LogP contribution in [0.2, 0.25) is 8.67 Å². The molecule has 1 unspecified atom stereocenters. The second-order valence-electron chi connectivity index (χ2n) is 4.23. The second kappa shape index (κ2) is 5.97. The SMILES string of the molecule is CCC(C)(CNS(=O)(=O)c1cc(Cl)sc1Cl)C(=O)O. The molecule has 0 fully saturated rings. The summed E-state index contributed by atoms with van der Waals surface area (Å²) in [6.45, 7) is 2.93. The molecular formula is C10H13Cl2NO4S2. The summed E-state index contributed by atoms with van der Waals surface area (Å²) >= 11 is 12.4. The van der Waals surface area contributed by atoms with E-state index in [0.29, 0.717) is 6.42 Å². The van der Waals surface area contributed by atoms with Gasteiger partial charge in [0.05, 0.1) is 9.75 Å². The Balaban J connectivity index is 2.93. The average molecular weight is 346 g/mol. The first-order valence-corrected chi connectivity index (χ1v) is 8.36.